The number of anilines is 1. The van der Waals surface area contributed by atoms with Crippen molar-refractivity contribution in [2.24, 2.45) is 0 Å². The summed E-state index contributed by atoms with van der Waals surface area (Å²) in [6.07, 6.45) is 3.20. The first-order chi connectivity index (χ1) is 15.8. The lowest BCUT2D eigenvalue weighted by Crippen LogP contribution is -2.32. The van der Waals surface area contributed by atoms with Crippen molar-refractivity contribution in [2.75, 3.05) is 17.7 Å². The van der Waals surface area contributed by atoms with Gasteiger partial charge in [0.1, 0.15) is 5.00 Å². The molecule has 4 aromatic rings. The summed E-state index contributed by atoms with van der Waals surface area (Å²) in [6.45, 7) is 4.86. The number of rotatable bonds is 5. The van der Waals surface area contributed by atoms with Crippen LogP contribution in [0.25, 0.3) is 5.00 Å². The molecule has 2 aromatic carbocycles. The first kappa shape index (κ1) is 20.0. The zero-order chi connectivity index (χ0) is 21.5. The van der Waals surface area contributed by atoms with Gasteiger partial charge in [0.15, 0.2) is 5.16 Å². The lowest BCUT2D eigenvalue weighted by molar-refractivity contribution is 0.246. The third-order valence-corrected chi connectivity index (χ3v) is 8.26. The van der Waals surface area contributed by atoms with Crippen LogP contribution in [-0.4, -0.2) is 32.5 Å². The van der Waals surface area contributed by atoms with Crippen LogP contribution in [0.15, 0.2) is 65.8 Å². The van der Waals surface area contributed by atoms with Crippen molar-refractivity contribution in [1.82, 2.24) is 19.7 Å². The molecule has 162 valence electrons. The van der Waals surface area contributed by atoms with E-state index in [2.05, 4.69) is 91.5 Å². The summed E-state index contributed by atoms with van der Waals surface area (Å²) in [4.78, 5) is 6.50. The molecule has 6 rings (SSSR count). The van der Waals surface area contributed by atoms with E-state index in [1.165, 1.54) is 32.1 Å². The van der Waals surface area contributed by atoms with E-state index in [0.717, 1.165) is 50.2 Å². The number of hydrogen-bond donors (Lipinski definition) is 0. The molecule has 2 aliphatic heterocycles. The maximum absolute atomic E-state index is 4.60. The molecule has 0 bridgehead atoms. The third-order valence-electron chi connectivity index (χ3n) is 6.31. The fourth-order valence-electron chi connectivity index (χ4n) is 4.77. The number of benzene rings is 2. The number of thioether (sulfide) groups is 1. The van der Waals surface area contributed by atoms with Crippen LogP contribution in [0.3, 0.4) is 0 Å². The molecule has 0 aliphatic carbocycles. The zero-order valence-electron chi connectivity index (χ0n) is 18.1. The van der Waals surface area contributed by atoms with Crippen molar-refractivity contribution < 1.29 is 0 Å². The van der Waals surface area contributed by atoms with Gasteiger partial charge in [0, 0.05) is 43.2 Å². The van der Waals surface area contributed by atoms with Crippen LogP contribution in [0.2, 0.25) is 0 Å². The molecule has 0 fully saturated rings. The summed E-state index contributed by atoms with van der Waals surface area (Å²) in [5.41, 5.74) is 5.67. The van der Waals surface area contributed by atoms with Crippen LogP contribution in [0.1, 0.15) is 27.1 Å². The summed E-state index contributed by atoms with van der Waals surface area (Å²) in [6, 6.07) is 21.5. The lowest BCUT2D eigenvalue weighted by Gasteiger charge is -2.31. The van der Waals surface area contributed by atoms with Gasteiger partial charge in [-0.05, 0) is 29.4 Å². The van der Waals surface area contributed by atoms with Crippen LogP contribution in [0.5, 0.6) is 0 Å². The van der Waals surface area contributed by atoms with Gasteiger partial charge in [-0.15, -0.1) is 21.5 Å². The van der Waals surface area contributed by atoms with Crippen molar-refractivity contribution >= 4 is 29.0 Å². The third kappa shape index (κ3) is 3.54. The van der Waals surface area contributed by atoms with Crippen molar-refractivity contribution in [2.45, 2.75) is 37.8 Å². The zero-order valence-corrected chi connectivity index (χ0v) is 19.7. The average Bonchev–Trinajstić information content (AvgIpc) is 3.42. The molecule has 2 aromatic heterocycles. The van der Waals surface area contributed by atoms with Crippen molar-refractivity contribution in [1.29, 1.82) is 0 Å². The monoisotopic (exact) mass is 459 g/mol. The van der Waals surface area contributed by atoms with Crippen LogP contribution >= 0.6 is 23.1 Å². The summed E-state index contributed by atoms with van der Waals surface area (Å²) in [5.74, 6) is 0.963. The Kier molecular flexibility index (Phi) is 5.25. The fourth-order valence-corrected chi connectivity index (χ4v) is 6.62. The molecule has 0 saturated heterocycles. The van der Waals surface area contributed by atoms with E-state index in [1.54, 1.807) is 11.8 Å². The molecule has 0 unspecified atom stereocenters. The Hall–Kier alpha value is -2.61. The van der Waals surface area contributed by atoms with Crippen molar-refractivity contribution in [3.8, 4) is 5.00 Å². The minimum atomic E-state index is 0.838. The number of thiophene rings is 1. The van der Waals surface area contributed by atoms with Crippen molar-refractivity contribution in [3.05, 3.63) is 87.8 Å². The molecule has 0 saturated carbocycles. The van der Waals surface area contributed by atoms with E-state index in [0.29, 0.717) is 0 Å². The number of aromatic nitrogens is 3. The van der Waals surface area contributed by atoms with Crippen LogP contribution in [0.4, 0.5) is 5.95 Å². The Labute approximate surface area is 196 Å². The highest BCUT2D eigenvalue weighted by atomic mass is 32.2. The van der Waals surface area contributed by atoms with Gasteiger partial charge in [0.2, 0.25) is 5.95 Å². The second-order valence-electron chi connectivity index (χ2n) is 8.40. The minimum Gasteiger partial charge on any atom is -0.332 e. The molecule has 7 heteroatoms. The predicted octanol–water partition coefficient (Wildman–Crippen LogP) is 5.13. The normalized spacial score (nSPS) is 15.3. The first-order valence-corrected chi connectivity index (χ1v) is 13.0. The second kappa shape index (κ2) is 8.39. The van der Waals surface area contributed by atoms with Gasteiger partial charge in [-0.3, -0.25) is 4.90 Å². The molecule has 0 atom stereocenters. The molecule has 0 N–H and O–H groups in total. The van der Waals surface area contributed by atoms with E-state index in [4.69, 9.17) is 0 Å². The highest BCUT2D eigenvalue weighted by Gasteiger charge is 2.33. The topological polar surface area (TPSA) is 37.2 Å². The van der Waals surface area contributed by atoms with Crippen LogP contribution < -0.4 is 4.90 Å². The minimum absolute atomic E-state index is 0.838. The summed E-state index contributed by atoms with van der Waals surface area (Å²) in [5, 5.41) is 11.4. The second-order valence-corrected chi connectivity index (χ2v) is 10.3. The molecule has 2 aliphatic rings. The molecule has 5 nitrogen and oxygen atoms in total. The maximum atomic E-state index is 4.60. The van der Waals surface area contributed by atoms with E-state index >= 15 is 0 Å². The smallest absolute Gasteiger partial charge is 0.233 e. The number of nitrogens with zero attached hydrogens (tertiary/aromatic N) is 5. The van der Waals surface area contributed by atoms with Gasteiger partial charge in [-0.25, -0.2) is 4.57 Å². The highest BCUT2D eigenvalue weighted by Crippen LogP contribution is 2.43. The van der Waals surface area contributed by atoms with E-state index < -0.39 is 0 Å². The number of hydrogen-bond acceptors (Lipinski definition) is 6. The van der Waals surface area contributed by atoms with Gasteiger partial charge in [-0.2, -0.15) is 0 Å². The Morgan fingerprint density at radius 2 is 1.59 bits per heavy atom. The Morgan fingerprint density at radius 1 is 0.875 bits per heavy atom. The van der Waals surface area contributed by atoms with Gasteiger partial charge in [0.25, 0.3) is 0 Å². The molecule has 4 heterocycles. The maximum Gasteiger partial charge on any atom is 0.233 e. The van der Waals surface area contributed by atoms with Gasteiger partial charge >= 0.3 is 0 Å². The van der Waals surface area contributed by atoms with E-state index in [1.807, 2.05) is 11.3 Å². The molecule has 0 spiro atoms. The summed E-state index contributed by atoms with van der Waals surface area (Å²) in [7, 11) is 0. The first-order valence-electron chi connectivity index (χ1n) is 11.0. The molecular weight excluding hydrogens is 434 g/mol. The molecule has 0 radical (unpaired) electrons. The number of fused-ring (bicyclic) bond motifs is 5. The Bertz CT molecular complexity index is 1230. The van der Waals surface area contributed by atoms with Crippen LogP contribution in [0, 0.1) is 0 Å². The summed E-state index contributed by atoms with van der Waals surface area (Å²) >= 11 is 3.62. The van der Waals surface area contributed by atoms with Gasteiger partial charge in [-0.1, -0.05) is 72.4 Å². The molecule has 32 heavy (non-hydrogen) atoms. The standard InChI is InChI=1S/C25H25N5S2/c1-31-25-27-26-24-29(15-19-10-6-3-7-11-19)17-21-20-16-28(14-18-8-4-2-5-9-18)13-12-22(20)32-23(21)30(24)25/h2-11H,12-17H2,1H3. The fraction of sp³-hybridized carbons (Fsp3) is 0.280. The largest absolute Gasteiger partial charge is 0.332 e. The van der Waals surface area contributed by atoms with Gasteiger partial charge < -0.3 is 4.90 Å². The van der Waals surface area contributed by atoms with Gasteiger partial charge in [0.05, 0.1) is 0 Å². The summed E-state index contributed by atoms with van der Waals surface area (Å²) < 4.78 is 2.29. The quantitative estimate of drug-likeness (QED) is 0.387. The Morgan fingerprint density at radius 3 is 2.31 bits per heavy atom. The Balaban J connectivity index is 1.36. The highest BCUT2D eigenvalue weighted by molar-refractivity contribution is 7.98. The lowest BCUT2D eigenvalue weighted by atomic mass is 10.0. The van der Waals surface area contributed by atoms with Crippen molar-refractivity contribution in [3.63, 3.8) is 0 Å². The predicted molar refractivity (Wildman–Crippen MR) is 132 cm³/mol. The van der Waals surface area contributed by atoms with Crippen LogP contribution in [-0.2, 0) is 32.6 Å². The molecule has 0 amide bonds. The SMILES string of the molecule is CSc1nnc2n1-c1sc3c(c1CN2Cc1ccccc1)CN(Cc1ccccc1)CC3. The molecular formula is C25H25N5S2. The van der Waals surface area contributed by atoms with E-state index in [-0.39, 0.29) is 0 Å². The van der Waals surface area contributed by atoms with E-state index in [9.17, 15) is 0 Å². The average molecular weight is 460 g/mol.